The maximum Gasteiger partial charge on any atom is 0.335 e. The Morgan fingerprint density at radius 3 is 2.71 bits per heavy atom. The van der Waals surface area contributed by atoms with E-state index in [0.717, 1.165) is 4.90 Å². The zero-order valence-corrected chi connectivity index (χ0v) is 11.9. The average molecular weight is 299 g/mol. The first-order valence-corrected chi connectivity index (χ1v) is 7.40. The fourth-order valence-corrected chi connectivity index (χ4v) is 3.48. The summed E-state index contributed by atoms with van der Waals surface area (Å²) in [6.45, 7) is 0. The average Bonchev–Trinajstić information content (AvgIpc) is 2.91. The van der Waals surface area contributed by atoms with Gasteiger partial charge in [0.1, 0.15) is 0 Å². The van der Waals surface area contributed by atoms with Crippen molar-refractivity contribution in [1.82, 2.24) is 0 Å². The molecule has 1 aliphatic rings. The number of rotatable bonds is 3. The van der Waals surface area contributed by atoms with Crippen molar-refractivity contribution in [3.63, 3.8) is 0 Å². The fourth-order valence-electron chi connectivity index (χ4n) is 2.28. The third-order valence-electron chi connectivity index (χ3n) is 3.32. The second-order valence-corrected chi connectivity index (χ2v) is 6.04. The second-order valence-electron chi connectivity index (χ2n) is 4.79. The SMILES string of the molecule is O=C(O)c1cccc(NC(=O)C2Cc3ccccc3S2)c1. The highest BCUT2D eigenvalue weighted by atomic mass is 32.2. The van der Waals surface area contributed by atoms with Gasteiger partial charge >= 0.3 is 5.97 Å². The molecule has 3 rings (SSSR count). The van der Waals surface area contributed by atoms with Crippen LogP contribution in [0.5, 0.6) is 0 Å². The van der Waals surface area contributed by atoms with E-state index in [1.165, 1.54) is 17.7 Å². The molecular weight excluding hydrogens is 286 g/mol. The van der Waals surface area contributed by atoms with Crippen LogP contribution in [0, 0.1) is 0 Å². The standard InChI is InChI=1S/C16H13NO3S/c18-15(14-9-10-4-1-2-7-13(10)21-14)17-12-6-3-5-11(8-12)16(19)20/h1-8,14H,9H2,(H,17,18)(H,19,20). The first-order chi connectivity index (χ1) is 10.1. The number of hydrogen-bond acceptors (Lipinski definition) is 3. The molecular formula is C16H13NO3S. The molecule has 0 aliphatic carbocycles. The molecule has 1 atom stereocenters. The molecule has 1 amide bonds. The van der Waals surface area contributed by atoms with Gasteiger partial charge in [0.05, 0.1) is 10.8 Å². The number of carboxylic acid groups (broad SMARTS) is 1. The summed E-state index contributed by atoms with van der Waals surface area (Å²) in [7, 11) is 0. The van der Waals surface area contributed by atoms with E-state index in [0.29, 0.717) is 12.1 Å². The van der Waals surface area contributed by atoms with Gasteiger partial charge in [-0.3, -0.25) is 4.79 Å². The Bertz CT molecular complexity index is 689. The lowest BCUT2D eigenvalue weighted by Crippen LogP contribution is -2.24. The summed E-state index contributed by atoms with van der Waals surface area (Å²) in [5.74, 6) is -1.10. The summed E-state index contributed by atoms with van der Waals surface area (Å²) in [4.78, 5) is 24.3. The minimum Gasteiger partial charge on any atom is -0.478 e. The van der Waals surface area contributed by atoms with Crippen LogP contribution in [0.25, 0.3) is 0 Å². The van der Waals surface area contributed by atoms with E-state index in [-0.39, 0.29) is 16.7 Å². The van der Waals surface area contributed by atoms with Crippen molar-refractivity contribution in [3.8, 4) is 0 Å². The van der Waals surface area contributed by atoms with Crippen LogP contribution < -0.4 is 5.32 Å². The fraction of sp³-hybridized carbons (Fsp3) is 0.125. The quantitative estimate of drug-likeness (QED) is 0.914. The Morgan fingerprint density at radius 2 is 1.95 bits per heavy atom. The number of anilines is 1. The molecule has 4 nitrogen and oxygen atoms in total. The molecule has 0 bridgehead atoms. The summed E-state index contributed by atoms with van der Waals surface area (Å²) in [6, 6.07) is 14.2. The molecule has 0 saturated heterocycles. The highest BCUT2D eigenvalue weighted by Gasteiger charge is 2.28. The number of aromatic carboxylic acids is 1. The van der Waals surface area contributed by atoms with Gasteiger partial charge in [-0.05, 0) is 36.2 Å². The number of amides is 1. The minimum absolute atomic E-state index is 0.0984. The molecule has 2 aromatic carbocycles. The highest BCUT2D eigenvalue weighted by Crippen LogP contribution is 2.37. The van der Waals surface area contributed by atoms with Crippen LogP contribution in [-0.4, -0.2) is 22.2 Å². The van der Waals surface area contributed by atoms with E-state index in [9.17, 15) is 9.59 Å². The third kappa shape index (κ3) is 2.92. The molecule has 106 valence electrons. The lowest BCUT2D eigenvalue weighted by molar-refractivity contribution is -0.115. The van der Waals surface area contributed by atoms with Crippen LogP contribution in [0.1, 0.15) is 15.9 Å². The monoisotopic (exact) mass is 299 g/mol. The summed E-state index contributed by atoms with van der Waals surface area (Å²) >= 11 is 1.55. The van der Waals surface area contributed by atoms with E-state index < -0.39 is 5.97 Å². The molecule has 0 saturated carbocycles. The molecule has 0 aromatic heterocycles. The number of carbonyl (C=O) groups is 2. The summed E-state index contributed by atoms with van der Waals surface area (Å²) in [5, 5.41) is 11.6. The van der Waals surface area contributed by atoms with Gasteiger partial charge in [0, 0.05) is 10.6 Å². The van der Waals surface area contributed by atoms with Crippen molar-refractivity contribution in [2.24, 2.45) is 0 Å². The molecule has 21 heavy (non-hydrogen) atoms. The van der Waals surface area contributed by atoms with Crippen molar-refractivity contribution >= 4 is 29.3 Å². The largest absolute Gasteiger partial charge is 0.478 e. The van der Waals surface area contributed by atoms with E-state index in [4.69, 9.17) is 5.11 Å². The van der Waals surface area contributed by atoms with E-state index >= 15 is 0 Å². The predicted octanol–water partition coefficient (Wildman–Crippen LogP) is 3.04. The van der Waals surface area contributed by atoms with Crippen molar-refractivity contribution in [1.29, 1.82) is 0 Å². The van der Waals surface area contributed by atoms with Crippen molar-refractivity contribution < 1.29 is 14.7 Å². The Balaban J connectivity index is 1.71. The van der Waals surface area contributed by atoms with Crippen LogP contribution >= 0.6 is 11.8 Å². The van der Waals surface area contributed by atoms with Crippen LogP contribution in [0.4, 0.5) is 5.69 Å². The Hall–Kier alpha value is -2.27. The summed E-state index contributed by atoms with van der Waals surface area (Å²) in [6.07, 6.45) is 0.700. The lowest BCUT2D eigenvalue weighted by Gasteiger charge is -2.10. The molecule has 0 spiro atoms. The van der Waals surface area contributed by atoms with Crippen molar-refractivity contribution in [3.05, 3.63) is 59.7 Å². The summed E-state index contributed by atoms with van der Waals surface area (Å²) in [5.41, 5.74) is 1.86. The molecule has 0 radical (unpaired) electrons. The first-order valence-electron chi connectivity index (χ1n) is 6.52. The number of thioether (sulfide) groups is 1. The second kappa shape index (κ2) is 5.61. The van der Waals surface area contributed by atoms with Crippen LogP contribution in [0.2, 0.25) is 0 Å². The third-order valence-corrected chi connectivity index (χ3v) is 4.63. The van der Waals surface area contributed by atoms with Gasteiger partial charge in [-0.1, -0.05) is 24.3 Å². The molecule has 2 aromatic rings. The minimum atomic E-state index is -1.01. The zero-order chi connectivity index (χ0) is 14.8. The Labute approximate surface area is 126 Å². The van der Waals surface area contributed by atoms with Crippen molar-refractivity contribution in [2.45, 2.75) is 16.6 Å². The van der Waals surface area contributed by atoms with E-state index in [1.54, 1.807) is 23.9 Å². The highest BCUT2D eigenvalue weighted by molar-refractivity contribution is 8.01. The van der Waals surface area contributed by atoms with Gasteiger partial charge in [-0.2, -0.15) is 0 Å². The maximum absolute atomic E-state index is 12.3. The molecule has 5 heteroatoms. The van der Waals surface area contributed by atoms with Crippen LogP contribution in [-0.2, 0) is 11.2 Å². The molecule has 0 fully saturated rings. The number of benzene rings is 2. The smallest absolute Gasteiger partial charge is 0.335 e. The van der Waals surface area contributed by atoms with Crippen LogP contribution in [0.3, 0.4) is 0 Å². The number of carbonyl (C=O) groups excluding carboxylic acids is 1. The lowest BCUT2D eigenvalue weighted by atomic mass is 10.1. The van der Waals surface area contributed by atoms with Gasteiger partial charge in [0.25, 0.3) is 0 Å². The van der Waals surface area contributed by atoms with Crippen molar-refractivity contribution in [2.75, 3.05) is 5.32 Å². The topological polar surface area (TPSA) is 66.4 Å². The van der Waals surface area contributed by atoms with Gasteiger partial charge in [0.15, 0.2) is 0 Å². The number of hydrogen-bond donors (Lipinski definition) is 2. The number of nitrogens with one attached hydrogen (secondary N) is 1. The number of fused-ring (bicyclic) bond motifs is 1. The summed E-state index contributed by atoms with van der Waals surface area (Å²) < 4.78 is 0. The molecule has 1 unspecified atom stereocenters. The zero-order valence-electron chi connectivity index (χ0n) is 11.1. The van der Waals surface area contributed by atoms with Gasteiger partial charge in [-0.25, -0.2) is 4.79 Å². The molecule has 2 N–H and O–H groups in total. The van der Waals surface area contributed by atoms with Gasteiger partial charge < -0.3 is 10.4 Å². The van der Waals surface area contributed by atoms with E-state index in [2.05, 4.69) is 5.32 Å². The van der Waals surface area contributed by atoms with Crippen LogP contribution in [0.15, 0.2) is 53.4 Å². The molecule has 1 heterocycles. The predicted molar refractivity (Wildman–Crippen MR) is 81.8 cm³/mol. The Morgan fingerprint density at radius 1 is 1.14 bits per heavy atom. The number of carboxylic acids is 1. The Kier molecular flexibility index (Phi) is 3.66. The maximum atomic E-state index is 12.3. The first kappa shape index (κ1) is 13.7. The normalized spacial score (nSPS) is 16.3. The molecule has 1 aliphatic heterocycles. The van der Waals surface area contributed by atoms with Gasteiger partial charge in [-0.15, -0.1) is 11.8 Å². The van der Waals surface area contributed by atoms with Gasteiger partial charge in [0.2, 0.25) is 5.91 Å². The van der Waals surface area contributed by atoms with E-state index in [1.807, 2.05) is 24.3 Å².